The monoisotopic (exact) mass is 184 g/mol. The van der Waals surface area contributed by atoms with Crippen molar-refractivity contribution in [1.82, 2.24) is 0 Å². The van der Waals surface area contributed by atoms with Gasteiger partial charge in [0.25, 0.3) is 0 Å². The molecule has 1 saturated heterocycles. The van der Waals surface area contributed by atoms with Crippen molar-refractivity contribution < 1.29 is 14.9 Å². The molecule has 3 heteroatoms. The third-order valence-electron chi connectivity index (χ3n) is 4.67. The second kappa shape index (κ2) is 2.47. The molecule has 3 rings (SSSR count). The van der Waals surface area contributed by atoms with Crippen LogP contribution in [0.5, 0.6) is 0 Å². The first-order valence-corrected chi connectivity index (χ1v) is 5.17. The first-order chi connectivity index (χ1) is 6.30. The molecule has 0 aromatic rings. The molecule has 5 atom stereocenters. The summed E-state index contributed by atoms with van der Waals surface area (Å²) in [5.74, 6) is 1.59. The third-order valence-corrected chi connectivity index (χ3v) is 4.67. The van der Waals surface area contributed by atoms with E-state index in [1.165, 1.54) is 0 Å². The number of aliphatic hydroxyl groups excluding tert-OH is 2. The van der Waals surface area contributed by atoms with Crippen LogP contribution in [0.15, 0.2) is 0 Å². The lowest BCUT2D eigenvalue weighted by atomic mass is 9.49. The summed E-state index contributed by atoms with van der Waals surface area (Å²) in [6, 6.07) is 0. The molecular formula is C10H16O3. The molecule has 3 nitrogen and oxygen atoms in total. The largest absolute Gasteiger partial charge is 0.396 e. The Hall–Kier alpha value is -0.120. The van der Waals surface area contributed by atoms with Gasteiger partial charge in [-0.2, -0.15) is 0 Å². The average Bonchev–Trinajstić information content (AvgIpc) is 2.61. The molecule has 2 saturated carbocycles. The van der Waals surface area contributed by atoms with Crippen LogP contribution in [0.1, 0.15) is 12.8 Å². The van der Waals surface area contributed by atoms with E-state index in [2.05, 4.69) is 0 Å². The maximum atomic E-state index is 9.90. The van der Waals surface area contributed by atoms with E-state index in [0.717, 1.165) is 26.1 Å². The average molecular weight is 184 g/mol. The van der Waals surface area contributed by atoms with Crippen LogP contribution in [0.25, 0.3) is 0 Å². The highest BCUT2D eigenvalue weighted by atomic mass is 16.5. The number of fused-ring (bicyclic) bond motifs is 4. The van der Waals surface area contributed by atoms with Crippen LogP contribution in [-0.2, 0) is 4.74 Å². The molecule has 74 valence electrons. The summed E-state index contributed by atoms with van der Waals surface area (Å²) in [6.45, 7) is 1.74. The highest BCUT2D eigenvalue weighted by molar-refractivity contribution is 5.15. The zero-order chi connectivity index (χ0) is 9.05. The van der Waals surface area contributed by atoms with Crippen molar-refractivity contribution in [3.63, 3.8) is 0 Å². The highest BCUT2D eigenvalue weighted by Gasteiger charge is 2.68. The van der Waals surface area contributed by atoms with E-state index in [0.29, 0.717) is 17.8 Å². The van der Waals surface area contributed by atoms with Crippen molar-refractivity contribution in [2.24, 2.45) is 23.2 Å². The third kappa shape index (κ3) is 0.729. The fraction of sp³-hybridized carbons (Fsp3) is 1.00. The van der Waals surface area contributed by atoms with E-state index in [1.54, 1.807) is 0 Å². The van der Waals surface area contributed by atoms with Crippen molar-refractivity contribution in [2.45, 2.75) is 18.9 Å². The molecule has 1 aliphatic heterocycles. The first-order valence-electron chi connectivity index (χ1n) is 5.17. The van der Waals surface area contributed by atoms with Crippen LogP contribution >= 0.6 is 0 Å². The lowest BCUT2D eigenvalue weighted by Gasteiger charge is -2.55. The molecule has 3 fully saturated rings. The normalized spacial score (nSPS) is 58.6. The van der Waals surface area contributed by atoms with E-state index in [1.807, 2.05) is 0 Å². The minimum absolute atomic E-state index is 0.142. The van der Waals surface area contributed by atoms with Crippen LogP contribution in [-0.4, -0.2) is 36.1 Å². The maximum absolute atomic E-state index is 9.90. The smallest absolute Gasteiger partial charge is 0.0624 e. The second-order valence-electron chi connectivity index (χ2n) is 4.78. The Morgan fingerprint density at radius 3 is 2.85 bits per heavy atom. The Morgan fingerprint density at radius 1 is 1.23 bits per heavy atom. The van der Waals surface area contributed by atoms with Gasteiger partial charge < -0.3 is 14.9 Å². The summed E-state index contributed by atoms with van der Waals surface area (Å²) in [7, 11) is 0. The van der Waals surface area contributed by atoms with Gasteiger partial charge in [0.15, 0.2) is 0 Å². The van der Waals surface area contributed by atoms with Crippen LogP contribution in [0.2, 0.25) is 0 Å². The Bertz CT molecular complexity index is 222. The molecule has 2 N–H and O–H groups in total. The van der Waals surface area contributed by atoms with Crippen molar-refractivity contribution in [1.29, 1.82) is 0 Å². The van der Waals surface area contributed by atoms with Gasteiger partial charge in [-0.05, 0) is 30.6 Å². The second-order valence-corrected chi connectivity index (χ2v) is 4.78. The van der Waals surface area contributed by atoms with Crippen LogP contribution < -0.4 is 0 Å². The first kappa shape index (κ1) is 8.21. The summed E-state index contributed by atoms with van der Waals surface area (Å²) in [5, 5.41) is 19.4. The Kier molecular flexibility index (Phi) is 1.56. The van der Waals surface area contributed by atoms with E-state index >= 15 is 0 Å². The molecule has 0 spiro atoms. The Labute approximate surface area is 77.7 Å². The fourth-order valence-electron chi connectivity index (χ4n) is 4.00. The van der Waals surface area contributed by atoms with Gasteiger partial charge >= 0.3 is 0 Å². The van der Waals surface area contributed by atoms with Gasteiger partial charge in [0.2, 0.25) is 0 Å². The zero-order valence-electron chi connectivity index (χ0n) is 7.65. The molecule has 0 aromatic carbocycles. The molecule has 0 amide bonds. The number of hydrogen-bond acceptors (Lipinski definition) is 3. The number of hydrogen-bond donors (Lipinski definition) is 2. The summed E-state index contributed by atoms with van der Waals surface area (Å²) in [5.41, 5.74) is -0.179. The molecule has 0 bridgehead atoms. The predicted molar refractivity (Wildman–Crippen MR) is 46.0 cm³/mol. The summed E-state index contributed by atoms with van der Waals surface area (Å²) in [6.07, 6.45) is 1.66. The van der Waals surface area contributed by atoms with Crippen LogP contribution in [0.3, 0.4) is 0 Å². The Balaban J connectivity index is 1.94. The molecule has 1 heterocycles. The van der Waals surface area contributed by atoms with Crippen LogP contribution in [0.4, 0.5) is 0 Å². The number of rotatable bonds is 1. The van der Waals surface area contributed by atoms with Gasteiger partial charge in [0, 0.05) is 5.41 Å². The number of aliphatic hydroxyl groups is 2. The zero-order valence-corrected chi connectivity index (χ0v) is 7.65. The molecule has 0 unspecified atom stereocenters. The van der Waals surface area contributed by atoms with E-state index in [-0.39, 0.29) is 18.1 Å². The topological polar surface area (TPSA) is 49.7 Å². The predicted octanol–water partition coefficient (Wildman–Crippen LogP) is 0.0122. The lowest BCUT2D eigenvalue weighted by molar-refractivity contribution is -0.157. The summed E-state index contributed by atoms with van der Waals surface area (Å²) >= 11 is 0. The van der Waals surface area contributed by atoms with E-state index < -0.39 is 0 Å². The lowest BCUT2D eigenvalue weighted by Crippen LogP contribution is -2.60. The molecule has 0 aromatic heterocycles. The standard InChI is InChI=1S/C10H16O3/c11-5-10-7(1-2-9(10)12)6-3-13-4-8(6)10/h6-9,11-12H,1-5H2/t6-,7-,8-,9+,10-/m0/s1. The Morgan fingerprint density at radius 2 is 2.08 bits per heavy atom. The quantitative estimate of drug-likeness (QED) is 0.603. The molecule has 0 radical (unpaired) electrons. The highest BCUT2D eigenvalue weighted by Crippen LogP contribution is 2.66. The van der Waals surface area contributed by atoms with Gasteiger partial charge in [0.1, 0.15) is 0 Å². The SMILES string of the molecule is OC[C@]12[C@H](O)CC[C@H]1[C@@H]1COC[C@@H]12. The van der Waals surface area contributed by atoms with Gasteiger partial charge in [-0.1, -0.05) is 0 Å². The van der Waals surface area contributed by atoms with Crippen molar-refractivity contribution in [2.75, 3.05) is 19.8 Å². The maximum Gasteiger partial charge on any atom is 0.0624 e. The van der Waals surface area contributed by atoms with Gasteiger partial charge in [0.05, 0.1) is 25.9 Å². The minimum Gasteiger partial charge on any atom is -0.396 e. The fourth-order valence-corrected chi connectivity index (χ4v) is 4.00. The number of ether oxygens (including phenoxy) is 1. The summed E-state index contributed by atoms with van der Waals surface area (Å²) < 4.78 is 5.42. The van der Waals surface area contributed by atoms with E-state index in [9.17, 15) is 10.2 Å². The molecule has 13 heavy (non-hydrogen) atoms. The molecule has 2 aliphatic carbocycles. The molecule has 3 aliphatic rings. The minimum atomic E-state index is -0.287. The van der Waals surface area contributed by atoms with Crippen molar-refractivity contribution >= 4 is 0 Å². The van der Waals surface area contributed by atoms with Gasteiger partial charge in [-0.15, -0.1) is 0 Å². The van der Waals surface area contributed by atoms with Crippen LogP contribution in [0, 0.1) is 23.2 Å². The van der Waals surface area contributed by atoms with Gasteiger partial charge in [-0.3, -0.25) is 0 Å². The van der Waals surface area contributed by atoms with Crippen molar-refractivity contribution in [3.05, 3.63) is 0 Å². The molecular weight excluding hydrogens is 168 g/mol. The van der Waals surface area contributed by atoms with Gasteiger partial charge in [-0.25, -0.2) is 0 Å². The van der Waals surface area contributed by atoms with E-state index in [4.69, 9.17) is 4.74 Å². The summed E-state index contributed by atoms with van der Waals surface area (Å²) in [4.78, 5) is 0. The van der Waals surface area contributed by atoms with Crippen molar-refractivity contribution in [3.8, 4) is 0 Å².